The van der Waals surface area contributed by atoms with Crippen molar-refractivity contribution in [2.24, 2.45) is 0 Å². The minimum absolute atomic E-state index is 0.113. The maximum absolute atomic E-state index is 13.2. The van der Waals surface area contributed by atoms with E-state index in [-0.39, 0.29) is 16.2 Å². The molecule has 1 aliphatic carbocycles. The molecular formula is C17H19F2N3O3S. The normalized spacial score (nSPS) is 16.0. The molecule has 1 aliphatic rings. The monoisotopic (exact) mass is 383 g/mol. The molecule has 0 radical (unpaired) electrons. The first kappa shape index (κ1) is 18.5. The molecule has 0 saturated heterocycles. The molecule has 0 spiro atoms. The highest BCUT2D eigenvalue weighted by Crippen LogP contribution is 2.35. The Balaban J connectivity index is 1.68. The number of anilines is 2. The summed E-state index contributed by atoms with van der Waals surface area (Å²) >= 11 is 0. The summed E-state index contributed by atoms with van der Waals surface area (Å²) in [7, 11) is -2.33. The molecule has 0 bridgehead atoms. The number of rotatable bonds is 7. The lowest BCUT2D eigenvalue weighted by atomic mass is 9.80. The molecule has 26 heavy (non-hydrogen) atoms. The van der Waals surface area contributed by atoms with Gasteiger partial charge in [-0.15, -0.1) is 0 Å². The second kappa shape index (κ2) is 7.16. The van der Waals surface area contributed by atoms with E-state index in [1.54, 1.807) is 7.11 Å². The number of hydrogen-bond donors (Lipinski definition) is 2. The molecule has 2 N–H and O–H groups in total. The number of nitrogens with zero attached hydrogens (tertiary/aromatic N) is 1. The van der Waals surface area contributed by atoms with E-state index in [4.69, 9.17) is 4.74 Å². The average molecular weight is 383 g/mol. The lowest BCUT2D eigenvalue weighted by Gasteiger charge is -2.40. The van der Waals surface area contributed by atoms with E-state index in [2.05, 4.69) is 15.0 Å². The van der Waals surface area contributed by atoms with Gasteiger partial charge in [0.05, 0.1) is 11.3 Å². The minimum atomic E-state index is -4.00. The van der Waals surface area contributed by atoms with Gasteiger partial charge in [0.15, 0.2) is 0 Å². The van der Waals surface area contributed by atoms with Crippen molar-refractivity contribution in [3.63, 3.8) is 0 Å². The lowest BCUT2D eigenvalue weighted by molar-refractivity contribution is -0.0601. The van der Waals surface area contributed by atoms with Crippen molar-refractivity contribution in [1.29, 1.82) is 0 Å². The van der Waals surface area contributed by atoms with E-state index in [0.717, 1.165) is 31.4 Å². The van der Waals surface area contributed by atoms with Gasteiger partial charge >= 0.3 is 0 Å². The molecular weight excluding hydrogens is 364 g/mol. The Morgan fingerprint density at radius 1 is 1.19 bits per heavy atom. The average Bonchev–Trinajstić information content (AvgIpc) is 2.53. The van der Waals surface area contributed by atoms with Gasteiger partial charge in [-0.05, 0) is 43.5 Å². The van der Waals surface area contributed by atoms with Crippen molar-refractivity contribution in [2.45, 2.75) is 29.8 Å². The Labute approximate surface area is 150 Å². The van der Waals surface area contributed by atoms with Crippen LogP contribution in [0.3, 0.4) is 0 Å². The van der Waals surface area contributed by atoms with E-state index >= 15 is 0 Å². The number of aromatic nitrogens is 1. The van der Waals surface area contributed by atoms with Crippen molar-refractivity contribution >= 4 is 21.5 Å². The van der Waals surface area contributed by atoms with Gasteiger partial charge in [-0.25, -0.2) is 22.2 Å². The zero-order chi connectivity index (χ0) is 18.8. The molecule has 1 saturated carbocycles. The molecule has 0 amide bonds. The van der Waals surface area contributed by atoms with Crippen LogP contribution in [0.4, 0.5) is 20.3 Å². The standard InChI is InChI=1S/C17H19F2N3O3S/c1-25-17(5-2-6-17)11-21-16-4-3-15(10-20-16)26(23,24)22-14-8-12(18)7-13(19)9-14/h3-4,7-10,22H,2,5-6,11H2,1H3,(H,20,21). The fraction of sp³-hybridized carbons (Fsp3) is 0.353. The summed E-state index contributed by atoms with van der Waals surface area (Å²) in [6, 6.07) is 5.35. The minimum Gasteiger partial charge on any atom is -0.376 e. The largest absolute Gasteiger partial charge is 0.376 e. The summed E-state index contributed by atoms with van der Waals surface area (Å²) in [5, 5.41) is 3.13. The Kier molecular flexibility index (Phi) is 5.10. The predicted molar refractivity (Wildman–Crippen MR) is 93.5 cm³/mol. The van der Waals surface area contributed by atoms with Crippen molar-refractivity contribution in [2.75, 3.05) is 23.7 Å². The van der Waals surface area contributed by atoms with Gasteiger partial charge in [0.1, 0.15) is 22.3 Å². The van der Waals surface area contributed by atoms with Gasteiger partial charge in [0, 0.05) is 25.9 Å². The lowest BCUT2D eigenvalue weighted by Crippen LogP contribution is -2.45. The first-order valence-corrected chi connectivity index (χ1v) is 9.54. The van der Waals surface area contributed by atoms with Crippen LogP contribution in [0.5, 0.6) is 0 Å². The first-order chi connectivity index (χ1) is 12.3. The zero-order valence-electron chi connectivity index (χ0n) is 14.1. The molecule has 1 heterocycles. The number of benzene rings is 1. The van der Waals surface area contributed by atoms with E-state index < -0.39 is 21.7 Å². The van der Waals surface area contributed by atoms with E-state index in [1.807, 2.05) is 0 Å². The van der Waals surface area contributed by atoms with E-state index in [0.29, 0.717) is 18.4 Å². The number of nitrogens with one attached hydrogen (secondary N) is 2. The van der Waals surface area contributed by atoms with Crippen LogP contribution in [0, 0.1) is 11.6 Å². The number of halogens is 2. The first-order valence-electron chi connectivity index (χ1n) is 8.06. The second-order valence-corrected chi connectivity index (χ2v) is 7.92. The van der Waals surface area contributed by atoms with Crippen molar-refractivity contribution in [3.05, 3.63) is 48.2 Å². The van der Waals surface area contributed by atoms with Crippen LogP contribution in [0.2, 0.25) is 0 Å². The van der Waals surface area contributed by atoms with E-state index in [9.17, 15) is 17.2 Å². The van der Waals surface area contributed by atoms with Gasteiger partial charge in [-0.2, -0.15) is 0 Å². The molecule has 0 aliphatic heterocycles. The molecule has 3 rings (SSSR count). The molecule has 0 atom stereocenters. The van der Waals surface area contributed by atoms with Gasteiger partial charge in [0.2, 0.25) is 0 Å². The molecule has 1 aromatic carbocycles. The Morgan fingerprint density at radius 3 is 2.38 bits per heavy atom. The number of ether oxygens (including phenoxy) is 1. The molecule has 1 aromatic heterocycles. The summed E-state index contributed by atoms with van der Waals surface area (Å²) in [6.07, 6.45) is 4.24. The maximum atomic E-state index is 13.2. The highest BCUT2D eigenvalue weighted by atomic mass is 32.2. The summed E-state index contributed by atoms with van der Waals surface area (Å²) < 4.78 is 58.7. The predicted octanol–water partition coefficient (Wildman–Crippen LogP) is 3.14. The second-order valence-electron chi connectivity index (χ2n) is 6.24. The highest BCUT2D eigenvalue weighted by molar-refractivity contribution is 7.92. The van der Waals surface area contributed by atoms with Crippen LogP contribution in [0.1, 0.15) is 19.3 Å². The highest BCUT2D eigenvalue weighted by Gasteiger charge is 2.36. The SMILES string of the molecule is COC1(CNc2ccc(S(=O)(=O)Nc3cc(F)cc(F)c3)cn2)CCC1. The molecule has 6 nitrogen and oxygen atoms in total. The third kappa shape index (κ3) is 4.10. The van der Waals surface area contributed by atoms with Crippen LogP contribution in [0.25, 0.3) is 0 Å². The quantitative estimate of drug-likeness (QED) is 0.768. The molecule has 9 heteroatoms. The van der Waals surface area contributed by atoms with Gasteiger partial charge < -0.3 is 10.1 Å². The van der Waals surface area contributed by atoms with E-state index in [1.165, 1.54) is 18.3 Å². The van der Waals surface area contributed by atoms with Crippen molar-refractivity contribution in [3.8, 4) is 0 Å². The summed E-state index contributed by atoms with van der Waals surface area (Å²) in [4.78, 5) is 3.97. The van der Waals surface area contributed by atoms with Gasteiger partial charge in [-0.1, -0.05) is 0 Å². The van der Waals surface area contributed by atoms with Crippen LogP contribution in [-0.2, 0) is 14.8 Å². The van der Waals surface area contributed by atoms with Crippen LogP contribution in [0.15, 0.2) is 41.4 Å². The third-order valence-electron chi connectivity index (χ3n) is 4.45. The summed E-state index contributed by atoms with van der Waals surface area (Å²) in [5.74, 6) is -1.23. The third-order valence-corrected chi connectivity index (χ3v) is 5.82. The van der Waals surface area contributed by atoms with Crippen LogP contribution < -0.4 is 10.0 Å². The fourth-order valence-electron chi connectivity index (χ4n) is 2.75. The Bertz CT molecular complexity index is 859. The van der Waals surface area contributed by atoms with Crippen molar-refractivity contribution in [1.82, 2.24) is 4.98 Å². The van der Waals surface area contributed by atoms with Gasteiger partial charge in [0.25, 0.3) is 10.0 Å². The number of pyridine rings is 1. The fourth-order valence-corrected chi connectivity index (χ4v) is 3.73. The van der Waals surface area contributed by atoms with Crippen LogP contribution in [-0.4, -0.2) is 32.7 Å². The molecule has 140 valence electrons. The van der Waals surface area contributed by atoms with Crippen LogP contribution >= 0.6 is 0 Å². The molecule has 0 unspecified atom stereocenters. The number of hydrogen-bond acceptors (Lipinski definition) is 5. The Hall–Kier alpha value is -2.26. The maximum Gasteiger partial charge on any atom is 0.263 e. The molecule has 2 aromatic rings. The summed E-state index contributed by atoms with van der Waals surface area (Å²) in [6.45, 7) is 0.587. The number of sulfonamides is 1. The summed E-state index contributed by atoms with van der Waals surface area (Å²) in [5.41, 5.74) is -0.383. The van der Waals surface area contributed by atoms with Crippen molar-refractivity contribution < 1.29 is 21.9 Å². The topological polar surface area (TPSA) is 80.3 Å². The van der Waals surface area contributed by atoms with Gasteiger partial charge in [-0.3, -0.25) is 4.72 Å². The number of methoxy groups -OCH3 is 1. The molecule has 1 fully saturated rings. The zero-order valence-corrected chi connectivity index (χ0v) is 14.9. The Morgan fingerprint density at radius 2 is 1.88 bits per heavy atom. The smallest absolute Gasteiger partial charge is 0.263 e.